The van der Waals surface area contributed by atoms with Crippen LogP contribution in [0.15, 0.2) is 35.3 Å². The van der Waals surface area contributed by atoms with Gasteiger partial charge in [0.05, 0.1) is 6.54 Å². The van der Waals surface area contributed by atoms with E-state index >= 15 is 0 Å². The molecule has 0 spiro atoms. The Bertz CT molecular complexity index is 508. The van der Waals surface area contributed by atoms with Gasteiger partial charge in [-0.3, -0.25) is 4.79 Å². The molecule has 0 aliphatic rings. The van der Waals surface area contributed by atoms with E-state index in [9.17, 15) is 14.0 Å². The number of carbonyl (C=O) groups excluding carboxylic acids is 2. The van der Waals surface area contributed by atoms with E-state index in [1.165, 1.54) is 12.1 Å². The Kier molecular flexibility index (Phi) is 6.72. The Morgan fingerprint density at radius 3 is 2.70 bits per heavy atom. The van der Waals surface area contributed by atoms with Gasteiger partial charge in [0.2, 0.25) is 5.91 Å². The number of hydrogen-bond acceptors (Lipinski definition) is 2. The molecular formula is C13H15BrFN3O2. The number of urea groups is 1. The number of amides is 3. The van der Waals surface area contributed by atoms with Crippen molar-refractivity contribution in [1.82, 2.24) is 16.0 Å². The van der Waals surface area contributed by atoms with Crippen LogP contribution in [0.4, 0.5) is 9.18 Å². The van der Waals surface area contributed by atoms with Gasteiger partial charge in [0.25, 0.3) is 0 Å². The van der Waals surface area contributed by atoms with Crippen LogP contribution in [-0.4, -0.2) is 25.0 Å². The summed E-state index contributed by atoms with van der Waals surface area (Å²) in [7, 11) is 0. The quantitative estimate of drug-likeness (QED) is 0.688. The number of hydrogen-bond donors (Lipinski definition) is 3. The lowest BCUT2D eigenvalue weighted by atomic mass is 10.2. The molecule has 1 rings (SSSR count). The number of benzene rings is 1. The van der Waals surface area contributed by atoms with Crippen molar-refractivity contribution in [2.24, 2.45) is 0 Å². The molecule has 3 amide bonds. The molecule has 0 fully saturated rings. The van der Waals surface area contributed by atoms with Gasteiger partial charge in [-0.1, -0.05) is 28.1 Å². The average Bonchev–Trinajstić information content (AvgIpc) is 2.41. The minimum atomic E-state index is -0.477. The van der Waals surface area contributed by atoms with E-state index in [-0.39, 0.29) is 24.8 Å². The van der Waals surface area contributed by atoms with Gasteiger partial charge >= 0.3 is 6.03 Å². The van der Waals surface area contributed by atoms with Gasteiger partial charge in [-0.2, -0.15) is 0 Å². The summed E-state index contributed by atoms with van der Waals surface area (Å²) in [6, 6.07) is 3.71. The van der Waals surface area contributed by atoms with Crippen LogP contribution in [0.2, 0.25) is 0 Å². The van der Waals surface area contributed by atoms with Gasteiger partial charge in [0, 0.05) is 17.6 Å². The molecule has 0 aromatic heterocycles. The van der Waals surface area contributed by atoms with E-state index in [2.05, 4.69) is 38.5 Å². The molecule has 0 radical (unpaired) electrons. The minimum Gasteiger partial charge on any atom is -0.351 e. The van der Waals surface area contributed by atoms with Crippen molar-refractivity contribution < 1.29 is 14.0 Å². The van der Waals surface area contributed by atoms with Crippen LogP contribution in [0.3, 0.4) is 0 Å². The maximum atomic E-state index is 12.9. The lowest BCUT2D eigenvalue weighted by Gasteiger charge is -2.09. The van der Waals surface area contributed by atoms with Crippen LogP contribution in [0.5, 0.6) is 0 Å². The molecule has 5 nitrogen and oxygen atoms in total. The van der Waals surface area contributed by atoms with Crippen molar-refractivity contribution in [3.63, 3.8) is 0 Å². The van der Waals surface area contributed by atoms with Gasteiger partial charge < -0.3 is 16.0 Å². The van der Waals surface area contributed by atoms with Crippen molar-refractivity contribution in [2.75, 3.05) is 13.1 Å². The standard InChI is InChI=1S/C13H15BrFN3O2/c1-2-5-16-12(19)8-18-13(20)17-7-9-3-4-10(15)6-11(9)14/h2-4,6H,1,5,7-8H2,(H,16,19)(H2,17,18,20). The molecule has 0 bridgehead atoms. The molecule has 0 aliphatic carbocycles. The van der Waals surface area contributed by atoms with E-state index in [0.717, 1.165) is 5.56 Å². The fourth-order valence-electron chi connectivity index (χ4n) is 1.31. The first-order chi connectivity index (χ1) is 9.52. The summed E-state index contributed by atoms with van der Waals surface area (Å²) in [6.45, 7) is 3.91. The zero-order valence-corrected chi connectivity index (χ0v) is 12.3. The Labute approximate surface area is 124 Å². The molecule has 0 aliphatic heterocycles. The summed E-state index contributed by atoms with van der Waals surface area (Å²) < 4.78 is 13.4. The molecule has 7 heteroatoms. The number of rotatable bonds is 6. The zero-order valence-electron chi connectivity index (χ0n) is 10.7. The highest BCUT2D eigenvalue weighted by molar-refractivity contribution is 9.10. The van der Waals surface area contributed by atoms with E-state index in [1.54, 1.807) is 12.1 Å². The second kappa shape index (κ2) is 8.31. The molecule has 0 atom stereocenters. The minimum absolute atomic E-state index is 0.121. The van der Waals surface area contributed by atoms with Gasteiger partial charge in [-0.05, 0) is 17.7 Å². The first-order valence-corrected chi connectivity index (χ1v) is 6.65. The Morgan fingerprint density at radius 1 is 1.30 bits per heavy atom. The predicted molar refractivity (Wildman–Crippen MR) is 77.5 cm³/mol. The molecule has 1 aromatic rings. The van der Waals surface area contributed by atoms with Crippen LogP contribution < -0.4 is 16.0 Å². The molecule has 3 N–H and O–H groups in total. The molecule has 0 saturated heterocycles. The van der Waals surface area contributed by atoms with Crippen molar-refractivity contribution >= 4 is 27.9 Å². The third kappa shape index (κ3) is 5.83. The number of carbonyl (C=O) groups is 2. The van der Waals surface area contributed by atoms with Crippen molar-refractivity contribution in [1.29, 1.82) is 0 Å². The van der Waals surface area contributed by atoms with Crippen molar-refractivity contribution in [2.45, 2.75) is 6.54 Å². The van der Waals surface area contributed by atoms with Crippen LogP contribution in [0.1, 0.15) is 5.56 Å². The highest BCUT2D eigenvalue weighted by Crippen LogP contribution is 2.17. The summed E-state index contributed by atoms with van der Waals surface area (Å²) in [6.07, 6.45) is 1.55. The monoisotopic (exact) mass is 343 g/mol. The highest BCUT2D eigenvalue weighted by atomic mass is 79.9. The fraction of sp³-hybridized carbons (Fsp3) is 0.231. The maximum Gasteiger partial charge on any atom is 0.315 e. The Balaban J connectivity index is 2.32. The lowest BCUT2D eigenvalue weighted by molar-refractivity contribution is -0.119. The third-order valence-corrected chi connectivity index (χ3v) is 3.05. The van der Waals surface area contributed by atoms with Gasteiger partial charge in [-0.15, -0.1) is 6.58 Å². The maximum absolute atomic E-state index is 12.9. The van der Waals surface area contributed by atoms with Crippen LogP contribution in [0.25, 0.3) is 0 Å². The first kappa shape index (κ1) is 16.2. The van der Waals surface area contributed by atoms with Gasteiger partial charge in [0.15, 0.2) is 0 Å². The van der Waals surface area contributed by atoms with E-state index in [1.807, 2.05) is 0 Å². The second-order valence-electron chi connectivity index (χ2n) is 3.86. The highest BCUT2D eigenvalue weighted by Gasteiger charge is 2.06. The zero-order chi connectivity index (χ0) is 15.0. The normalized spacial score (nSPS) is 9.70. The summed E-state index contributed by atoms with van der Waals surface area (Å²) in [4.78, 5) is 22.7. The van der Waals surface area contributed by atoms with E-state index in [4.69, 9.17) is 0 Å². The molecule has 0 saturated carbocycles. The summed E-state index contributed by atoms with van der Waals surface area (Å²) in [5, 5.41) is 7.50. The molecular weight excluding hydrogens is 329 g/mol. The fourth-order valence-corrected chi connectivity index (χ4v) is 1.80. The average molecular weight is 344 g/mol. The van der Waals surface area contributed by atoms with Crippen molar-refractivity contribution in [3.8, 4) is 0 Å². The summed E-state index contributed by atoms with van der Waals surface area (Å²) in [5.74, 6) is -0.660. The van der Waals surface area contributed by atoms with Crippen LogP contribution in [-0.2, 0) is 11.3 Å². The van der Waals surface area contributed by atoms with E-state index < -0.39 is 6.03 Å². The summed E-state index contributed by atoms with van der Waals surface area (Å²) >= 11 is 3.20. The Hall–Kier alpha value is -1.89. The van der Waals surface area contributed by atoms with Gasteiger partial charge in [0.1, 0.15) is 5.82 Å². The van der Waals surface area contributed by atoms with Crippen LogP contribution >= 0.6 is 15.9 Å². The SMILES string of the molecule is C=CCNC(=O)CNC(=O)NCc1ccc(F)cc1Br. The molecule has 108 valence electrons. The number of nitrogens with one attached hydrogen (secondary N) is 3. The third-order valence-electron chi connectivity index (χ3n) is 2.31. The van der Waals surface area contributed by atoms with Crippen LogP contribution in [0, 0.1) is 5.82 Å². The molecule has 20 heavy (non-hydrogen) atoms. The molecule has 0 unspecified atom stereocenters. The number of halogens is 2. The summed E-state index contributed by atoms with van der Waals surface area (Å²) in [5.41, 5.74) is 0.734. The Morgan fingerprint density at radius 2 is 2.05 bits per heavy atom. The molecule has 0 heterocycles. The predicted octanol–water partition coefficient (Wildman–Crippen LogP) is 1.69. The first-order valence-electron chi connectivity index (χ1n) is 5.86. The van der Waals surface area contributed by atoms with E-state index in [0.29, 0.717) is 11.0 Å². The largest absolute Gasteiger partial charge is 0.351 e. The lowest BCUT2D eigenvalue weighted by Crippen LogP contribution is -2.41. The molecule has 1 aromatic carbocycles. The topological polar surface area (TPSA) is 70.2 Å². The van der Waals surface area contributed by atoms with Crippen molar-refractivity contribution in [3.05, 3.63) is 46.7 Å². The van der Waals surface area contributed by atoms with Gasteiger partial charge in [-0.25, -0.2) is 9.18 Å². The second-order valence-corrected chi connectivity index (χ2v) is 4.72. The smallest absolute Gasteiger partial charge is 0.315 e.